The second-order valence-corrected chi connectivity index (χ2v) is 4.50. The number of azide groups is 1. The molecule has 0 fully saturated rings. The third-order valence-electron chi connectivity index (χ3n) is 2.56. The first-order valence-corrected chi connectivity index (χ1v) is 5.68. The summed E-state index contributed by atoms with van der Waals surface area (Å²) in [6, 6.07) is 2.09. The van der Waals surface area contributed by atoms with Crippen LogP contribution in [0.4, 0.5) is 0 Å². The average Bonchev–Trinajstić information content (AvgIpc) is 2.23. The third kappa shape index (κ3) is 2.62. The summed E-state index contributed by atoms with van der Waals surface area (Å²) in [5, 5.41) is 3.62. The topological polar surface area (TPSA) is 74.8 Å². The summed E-state index contributed by atoms with van der Waals surface area (Å²) in [6.07, 6.45) is 0. The Bertz CT molecular complexity index is 422. The molecule has 0 aliphatic carbocycles. The molecule has 15 heavy (non-hydrogen) atoms. The van der Waals surface area contributed by atoms with Crippen molar-refractivity contribution in [2.24, 2.45) is 10.8 Å². The summed E-state index contributed by atoms with van der Waals surface area (Å²) < 4.78 is 1.17. The number of nitrogens with two attached hydrogens (primary N) is 1. The van der Waals surface area contributed by atoms with Crippen molar-refractivity contribution >= 4 is 22.6 Å². The molecule has 80 valence electrons. The van der Waals surface area contributed by atoms with Crippen LogP contribution in [-0.2, 0) is 13.1 Å². The normalized spacial score (nSPS) is 9.87. The standard InChI is InChI=1S/C10H13IN4/c1-6-8(4-12)3-10(11)7(2)9(6)5-14-15-13/h3H,4-5,12H2,1-2H3. The minimum atomic E-state index is 0.401. The molecule has 0 aromatic heterocycles. The average molecular weight is 316 g/mol. The first-order valence-electron chi connectivity index (χ1n) is 4.60. The van der Waals surface area contributed by atoms with Crippen molar-refractivity contribution in [1.29, 1.82) is 0 Å². The van der Waals surface area contributed by atoms with Gasteiger partial charge in [0.05, 0.1) is 6.54 Å². The molecule has 5 heteroatoms. The van der Waals surface area contributed by atoms with Crippen LogP contribution in [0.2, 0.25) is 0 Å². The minimum Gasteiger partial charge on any atom is -0.326 e. The van der Waals surface area contributed by atoms with Gasteiger partial charge in [-0.05, 0) is 70.3 Å². The second kappa shape index (κ2) is 5.34. The van der Waals surface area contributed by atoms with Crippen molar-refractivity contribution in [1.82, 2.24) is 0 Å². The molecule has 0 amide bonds. The number of benzene rings is 1. The van der Waals surface area contributed by atoms with E-state index in [1.54, 1.807) is 0 Å². The Hall–Kier alpha value is -0.780. The van der Waals surface area contributed by atoms with E-state index in [2.05, 4.69) is 38.7 Å². The molecule has 0 saturated carbocycles. The van der Waals surface area contributed by atoms with E-state index in [9.17, 15) is 0 Å². The lowest BCUT2D eigenvalue weighted by molar-refractivity contribution is 0.966. The monoisotopic (exact) mass is 316 g/mol. The highest BCUT2D eigenvalue weighted by Gasteiger charge is 2.09. The number of halogens is 1. The van der Waals surface area contributed by atoms with Gasteiger partial charge in [-0.25, -0.2) is 0 Å². The number of hydrogen-bond acceptors (Lipinski definition) is 2. The maximum absolute atomic E-state index is 8.34. The van der Waals surface area contributed by atoms with E-state index >= 15 is 0 Å². The first kappa shape index (κ1) is 12.3. The lowest BCUT2D eigenvalue weighted by Crippen LogP contribution is -2.05. The van der Waals surface area contributed by atoms with Crippen LogP contribution in [0.3, 0.4) is 0 Å². The smallest absolute Gasteiger partial charge is 0.0516 e. The second-order valence-electron chi connectivity index (χ2n) is 3.34. The number of nitrogens with zero attached hydrogens (tertiary/aromatic N) is 3. The molecule has 0 saturated heterocycles. The highest BCUT2D eigenvalue weighted by Crippen LogP contribution is 2.24. The van der Waals surface area contributed by atoms with Gasteiger partial charge < -0.3 is 5.73 Å². The summed E-state index contributed by atoms with van der Waals surface area (Å²) in [7, 11) is 0. The molecule has 0 radical (unpaired) electrons. The van der Waals surface area contributed by atoms with Crippen LogP contribution >= 0.6 is 22.6 Å². The van der Waals surface area contributed by atoms with Crippen LogP contribution in [0, 0.1) is 17.4 Å². The van der Waals surface area contributed by atoms with E-state index in [4.69, 9.17) is 11.3 Å². The number of hydrogen-bond donors (Lipinski definition) is 1. The summed E-state index contributed by atoms with van der Waals surface area (Å²) in [4.78, 5) is 2.79. The van der Waals surface area contributed by atoms with Crippen LogP contribution in [0.25, 0.3) is 10.4 Å². The Morgan fingerprint density at radius 1 is 1.47 bits per heavy atom. The van der Waals surface area contributed by atoms with Gasteiger partial charge in [0.2, 0.25) is 0 Å². The van der Waals surface area contributed by atoms with E-state index in [0.29, 0.717) is 13.1 Å². The highest BCUT2D eigenvalue weighted by molar-refractivity contribution is 14.1. The Kier molecular flexibility index (Phi) is 4.38. The van der Waals surface area contributed by atoms with Crippen LogP contribution in [0.5, 0.6) is 0 Å². The quantitative estimate of drug-likeness (QED) is 0.395. The van der Waals surface area contributed by atoms with Crippen LogP contribution < -0.4 is 5.73 Å². The Labute approximate surface area is 103 Å². The van der Waals surface area contributed by atoms with Crippen LogP contribution in [0.1, 0.15) is 22.3 Å². The fraction of sp³-hybridized carbons (Fsp3) is 0.400. The van der Waals surface area contributed by atoms with Gasteiger partial charge in [-0.15, -0.1) is 0 Å². The van der Waals surface area contributed by atoms with Crippen molar-refractivity contribution in [2.45, 2.75) is 26.9 Å². The van der Waals surface area contributed by atoms with Crippen molar-refractivity contribution in [3.05, 3.63) is 42.3 Å². The fourth-order valence-electron chi connectivity index (χ4n) is 1.54. The zero-order valence-corrected chi connectivity index (χ0v) is 10.9. The maximum Gasteiger partial charge on any atom is 0.0516 e. The zero-order chi connectivity index (χ0) is 11.4. The van der Waals surface area contributed by atoms with Crippen LogP contribution in [0.15, 0.2) is 11.2 Å². The predicted octanol–water partition coefficient (Wildman–Crippen LogP) is 3.18. The molecule has 0 heterocycles. The summed E-state index contributed by atoms with van der Waals surface area (Å²) in [5.41, 5.74) is 18.5. The molecule has 0 unspecified atom stereocenters. The van der Waals surface area contributed by atoms with E-state index in [1.165, 1.54) is 9.13 Å². The molecular formula is C10H13IN4. The number of rotatable bonds is 3. The van der Waals surface area contributed by atoms with Gasteiger partial charge in [-0.3, -0.25) is 0 Å². The van der Waals surface area contributed by atoms with Crippen molar-refractivity contribution in [2.75, 3.05) is 0 Å². The largest absolute Gasteiger partial charge is 0.326 e. The van der Waals surface area contributed by atoms with E-state index in [1.807, 2.05) is 13.8 Å². The van der Waals surface area contributed by atoms with E-state index in [0.717, 1.165) is 16.7 Å². The fourth-order valence-corrected chi connectivity index (χ4v) is 2.24. The molecule has 4 nitrogen and oxygen atoms in total. The van der Waals surface area contributed by atoms with Gasteiger partial charge in [0.25, 0.3) is 0 Å². The molecule has 2 N–H and O–H groups in total. The molecule has 1 aromatic rings. The van der Waals surface area contributed by atoms with Gasteiger partial charge in [-0.1, -0.05) is 5.11 Å². The predicted molar refractivity (Wildman–Crippen MR) is 69.4 cm³/mol. The third-order valence-corrected chi connectivity index (χ3v) is 3.68. The molecule has 0 spiro atoms. The molecular weight excluding hydrogens is 303 g/mol. The van der Waals surface area contributed by atoms with Gasteiger partial charge in [0.15, 0.2) is 0 Å². The Morgan fingerprint density at radius 2 is 2.13 bits per heavy atom. The summed E-state index contributed by atoms with van der Waals surface area (Å²) in [5.74, 6) is 0. The minimum absolute atomic E-state index is 0.401. The SMILES string of the molecule is Cc1c(I)cc(CN)c(C)c1CN=[N+]=[N-]. The van der Waals surface area contributed by atoms with E-state index < -0.39 is 0 Å². The van der Waals surface area contributed by atoms with Crippen molar-refractivity contribution in [3.63, 3.8) is 0 Å². The Morgan fingerprint density at radius 3 is 2.67 bits per heavy atom. The summed E-state index contributed by atoms with van der Waals surface area (Å²) >= 11 is 2.28. The van der Waals surface area contributed by atoms with Crippen LogP contribution in [-0.4, -0.2) is 0 Å². The molecule has 1 rings (SSSR count). The van der Waals surface area contributed by atoms with Gasteiger partial charge in [0.1, 0.15) is 0 Å². The summed E-state index contributed by atoms with van der Waals surface area (Å²) in [6.45, 7) is 4.98. The molecule has 0 aliphatic rings. The molecule has 0 atom stereocenters. The van der Waals surface area contributed by atoms with Gasteiger partial charge >= 0.3 is 0 Å². The lowest BCUT2D eigenvalue weighted by Gasteiger charge is -2.13. The molecule has 0 bridgehead atoms. The zero-order valence-electron chi connectivity index (χ0n) is 8.79. The lowest BCUT2D eigenvalue weighted by atomic mass is 9.98. The Balaban J connectivity index is 3.32. The van der Waals surface area contributed by atoms with Crippen molar-refractivity contribution < 1.29 is 0 Å². The molecule has 1 aromatic carbocycles. The highest BCUT2D eigenvalue weighted by atomic mass is 127. The molecule has 0 aliphatic heterocycles. The van der Waals surface area contributed by atoms with Gasteiger partial charge in [-0.2, -0.15) is 0 Å². The first-order chi connectivity index (χ1) is 7.11. The van der Waals surface area contributed by atoms with Gasteiger partial charge in [0, 0.05) is 15.0 Å². The van der Waals surface area contributed by atoms with Crippen molar-refractivity contribution in [3.8, 4) is 0 Å². The van der Waals surface area contributed by atoms with E-state index in [-0.39, 0.29) is 0 Å². The maximum atomic E-state index is 8.34.